The van der Waals surface area contributed by atoms with E-state index in [1.807, 2.05) is 0 Å². The molecule has 4 atom stereocenters. The van der Waals surface area contributed by atoms with E-state index in [2.05, 4.69) is 16.0 Å². The highest BCUT2D eigenvalue weighted by molar-refractivity contribution is 5.98. The van der Waals surface area contributed by atoms with Gasteiger partial charge in [-0.3, -0.25) is 19.2 Å². The van der Waals surface area contributed by atoms with Gasteiger partial charge in [0.2, 0.25) is 17.7 Å². The number of carbonyl (C=O) groups is 4. The number of nitrogens with one attached hydrogen (secondary N) is 3. The Morgan fingerprint density at radius 2 is 1.68 bits per heavy atom. The molecule has 1 aromatic carbocycles. The molecule has 1 aliphatic carbocycles. The molecule has 3 amide bonds. The number of amides is 3. The lowest BCUT2D eigenvalue weighted by Gasteiger charge is -2.27. The maximum absolute atomic E-state index is 13.7. The SMILES string of the molecule is COc1ccc(C[C@H](NC(=O)[C@@H](C)NC(=O)C2CCOCC2)C(=O)N[C@@H](CC2CCCC2)C(=O)[C@@]2(C)CO2)cc1O. The van der Waals surface area contributed by atoms with Crippen LogP contribution in [0.3, 0.4) is 0 Å². The van der Waals surface area contributed by atoms with E-state index in [0.717, 1.165) is 25.7 Å². The fraction of sp³-hybridized carbons (Fsp3) is 0.667. The number of hydrogen-bond acceptors (Lipinski definition) is 8. The molecule has 11 nitrogen and oxygen atoms in total. The van der Waals surface area contributed by atoms with Gasteiger partial charge in [-0.05, 0) is 56.7 Å². The molecule has 3 aliphatic rings. The van der Waals surface area contributed by atoms with Gasteiger partial charge in [0.05, 0.1) is 19.8 Å². The molecule has 2 saturated heterocycles. The Labute approximate surface area is 241 Å². The van der Waals surface area contributed by atoms with Gasteiger partial charge in [0.1, 0.15) is 17.7 Å². The summed E-state index contributed by atoms with van der Waals surface area (Å²) in [6, 6.07) is 2.05. The largest absolute Gasteiger partial charge is 0.504 e. The maximum atomic E-state index is 13.7. The Balaban J connectivity index is 1.48. The van der Waals surface area contributed by atoms with E-state index in [4.69, 9.17) is 14.2 Å². The summed E-state index contributed by atoms with van der Waals surface area (Å²) in [6.07, 6.45) is 5.96. The van der Waals surface area contributed by atoms with E-state index in [-0.39, 0.29) is 35.5 Å². The molecule has 1 saturated carbocycles. The third-order valence-corrected chi connectivity index (χ3v) is 8.44. The first-order valence-electron chi connectivity index (χ1n) is 14.6. The van der Waals surface area contributed by atoms with Crippen LogP contribution in [0.15, 0.2) is 18.2 Å². The number of phenolic OH excluding ortho intramolecular Hbond substituents is 1. The van der Waals surface area contributed by atoms with Crippen molar-refractivity contribution in [1.82, 2.24) is 16.0 Å². The number of hydrogen-bond donors (Lipinski definition) is 4. The fourth-order valence-corrected chi connectivity index (χ4v) is 5.66. The lowest BCUT2D eigenvalue weighted by Crippen LogP contribution is -2.57. The molecule has 4 rings (SSSR count). The van der Waals surface area contributed by atoms with E-state index in [1.165, 1.54) is 13.2 Å². The van der Waals surface area contributed by atoms with Crippen LogP contribution in [0.2, 0.25) is 0 Å². The predicted molar refractivity (Wildman–Crippen MR) is 149 cm³/mol. The molecule has 41 heavy (non-hydrogen) atoms. The summed E-state index contributed by atoms with van der Waals surface area (Å²) < 4.78 is 15.8. The molecule has 11 heteroatoms. The monoisotopic (exact) mass is 573 g/mol. The second kappa shape index (κ2) is 13.7. The molecule has 4 N–H and O–H groups in total. The maximum Gasteiger partial charge on any atom is 0.243 e. The number of phenols is 1. The van der Waals surface area contributed by atoms with E-state index >= 15 is 0 Å². The van der Waals surface area contributed by atoms with Crippen molar-refractivity contribution < 1.29 is 38.5 Å². The van der Waals surface area contributed by atoms with Crippen molar-refractivity contribution in [3.8, 4) is 11.5 Å². The van der Waals surface area contributed by atoms with Crippen LogP contribution in [0.1, 0.15) is 64.4 Å². The number of methoxy groups -OCH3 is 1. The van der Waals surface area contributed by atoms with Crippen LogP contribution >= 0.6 is 0 Å². The second-order valence-corrected chi connectivity index (χ2v) is 11.7. The van der Waals surface area contributed by atoms with Crippen molar-refractivity contribution in [2.75, 3.05) is 26.9 Å². The summed E-state index contributed by atoms with van der Waals surface area (Å²) in [4.78, 5) is 52.9. The normalized spacial score (nSPS) is 23.2. The Hall–Kier alpha value is -3.18. The van der Waals surface area contributed by atoms with Gasteiger partial charge in [0.25, 0.3) is 0 Å². The molecule has 2 heterocycles. The van der Waals surface area contributed by atoms with Crippen molar-refractivity contribution >= 4 is 23.5 Å². The lowest BCUT2D eigenvalue weighted by atomic mass is 9.90. The predicted octanol–water partition coefficient (Wildman–Crippen LogP) is 1.78. The highest BCUT2D eigenvalue weighted by Gasteiger charge is 2.50. The zero-order valence-electron chi connectivity index (χ0n) is 24.2. The summed E-state index contributed by atoms with van der Waals surface area (Å²) in [5, 5.41) is 18.7. The Bertz CT molecular complexity index is 1110. The number of aromatic hydroxyl groups is 1. The number of carbonyl (C=O) groups excluding carboxylic acids is 4. The molecule has 226 valence electrons. The van der Waals surface area contributed by atoms with Gasteiger partial charge in [-0.15, -0.1) is 0 Å². The van der Waals surface area contributed by atoms with Gasteiger partial charge < -0.3 is 35.3 Å². The second-order valence-electron chi connectivity index (χ2n) is 11.7. The van der Waals surface area contributed by atoms with Gasteiger partial charge in [0, 0.05) is 25.6 Å². The topological polar surface area (TPSA) is 156 Å². The summed E-state index contributed by atoms with van der Waals surface area (Å²) in [5.41, 5.74) is -0.321. The van der Waals surface area contributed by atoms with Crippen molar-refractivity contribution in [3.05, 3.63) is 23.8 Å². The fourth-order valence-electron chi connectivity index (χ4n) is 5.66. The molecule has 0 aromatic heterocycles. The van der Waals surface area contributed by atoms with Gasteiger partial charge in [-0.2, -0.15) is 0 Å². The van der Waals surface area contributed by atoms with Crippen molar-refractivity contribution in [2.45, 2.75) is 88.9 Å². The van der Waals surface area contributed by atoms with Gasteiger partial charge in [0.15, 0.2) is 17.3 Å². The van der Waals surface area contributed by atoms with Crippen LogP contribution in [0.4, 0.5) is 0 Å². The van der Waals surface area contributed by atoms with Crippen LogP contribution in [-0.4, -0.2) is 79.3 Å². The number of epoxide rings is 1. The van der Waals surface area contributed by atoms with Crippen LogP contribution in [0, 0.1) is 11.8 Å². The Morgan fingerprint density at radius 3 is 2.29 bits per heavy atom. The molecule has 2 aliphatic heterocycles. The number of ether oxygens (including phenoxy) is 3. The smallest absolute Gasteiger partial charge is 0.243 e. The molecule has 0 radical (unpaired) electrons. The molecule has 0 bridgehead atoms. The van der Waals surface area contributed by atoms with Gasteiger partial charge in [-0.1, -0.05) is 31.7 Å². The van der Waals surface area contributed by atoms with Crippen LogP contribution in [0.5, 0.6) is 11.5 Å². The van der Waals surface area contributed by atoms with E-state index in [9.17, 15) is 24.3 Å². The summed E-state index contributed by atoms with van der Waals surface area (Å²) in [5.74, 6) is -1.15. The number of Topliss-reactive ketones (excluding diaryl/α,β-unsaturated/α-hetero) is 1. The number of rotatable bonds is 13. The third kappa shape index (κ3) is 8.19. The zero-order chi connectivity index (χ0) is 29.6. The first kappa shape index (κ1) is 30.8. The molecule has 3 fully saturated rings. The summed E-state index contributed by atoms with van der Waals surface area (Å²) in [7, 11) is 1.44. The Morgan fingerprint density at radius 1 is 1.02 bits per heavy atom. The highest BCUT2D eigenvalue weighted by Crippen LogP contribution is 2.33. The highest BCUT2D eigenvalue weighted by atomic mass is 16.6. The summed E-state index contributed by atoms with van der Waals surface area (Å²) >= 11 is 0. The minimum absolute atomic E-state index is 0.0495. The molecular formula is C30H43N3O8. The first-order chi connectivity index (χ1) is 19.6. The Kier molecular flexibility index (Phi) is 10.2. The zero-order valence-corrected chi connectivity index (χ0v) is 24.2. The minimum atomic E-state index is -1.07. The van der Waals surface area contributed by atoms with Crippen LogP contribution in [0.25, 0.3) is 0 Å². The molecule has 0 unspecified atom stereocenters. The number of ketones is 1. The van der Waals surface area contributed by atoms with Crippen molar-refractivity contribution in [2.24, 2.45) is 11.8 Å². The summed E-state index contributed by atoms with van der Waals surface area (Å²) in [6.45, 7) is 4.61. The lowest BCUT2D eigenvalue weighted by molar-refractivity contribution is -0.135. The minimum Gasteiger partial charge on any atom is -0.504 e. The third-order valence-electron chi connectivity index (χ3n) is 8.44. The average Bonchev–Trinajstić information content (AvgIpc) is 3.50. The van der Waals surface area contributed by atoms with E-state index in [0.29, 0.717) is 50.6 Å². The average molecular weight is 574 g/mol. The molecular weight excluding hydrogens is 530 g/mol. The molecule has 0 spiro atoms. The number of benzene rings is 1. The van der Waals surface area contributed by atoms with Crippen LogP contribution in [-0.2, 0) is 35.1 Å². The quantitative estimate of drug-likeness (QED) is 0.260. The van der Waals surface area contributed by atoms with Gasteiger partial charge >= 0.3 is 0 Å². The van der Waals surface area contributed by atoms with E-state index in [1.54, 1.807) is 26.0 Å². The van der Waals surface area contributed by atoms with Crippen LogP contribution < -0.4 is 20.7 Å². The van der Waals surface area contributed by atoms with Crippen molar-refractivity contribution in [1.29, 1.82) is 0 Å². The van der Waals surface area contributed by atoms with Gasteiger partial charge in [-0.25, -0.2) is 0 Å². The standard InChI is InChI=1S/C30H43N3O8/c1-18(31-28(37)21-10-12-40-13-11-21)27(36)33-23(15-20-8-9-25(39-3)24(34)16-20)29(38)32-22(14-19-6-4-5-7-19)26(35)30(2)17-41-30/h8-9,16,18-19,21-23,34H,4-7,10-15,17H2,1-3H3,(H,31,37)(H,32,38)(H,33,36)/t18-,22+,23+,30-/m1/s1. The van der Waals surface area contributed by atoms with Crippen molar-refractivity contribution in [3.63, 3.8) is 0 Å². The first-order valence-corrected chi connectivity index (χ1v) is 14.6. The van der Waals surface area contributed by atoms with E-state index < -0.39 is 35.5 Å². The molecule has 1 aromatic rings.